The molecule has 1 unspecified atom stereocenters. The van der Waals surface area contributed by atoms with Crippen LogP contribution in [0.4, 0.5) is 15.8 Å². The number of Topliss-reactive ketones (excluding diaryl/α,β-unsaturated/α-hetero) is 1. The molecule has 10 heteroatoms. The van der Waals surface area contributed by atoms with Crippen LogP contribution in [0, 0.1) is 15.9 Å². The van der Waals surface area contributed by atoms with Gasteiger partial charge in [0.2, 0.25) is 0 Å². The maximum atomic E-state index is 13.8. The molecule has 0 aliphatic carbocycles. The van der Waals surface area contributed by atoms with Gasteiger partial charge in [-0.3, -0.25) is 24.6 Å². The number of hydrogen-bond donors (Lipinski definition) is 1. The molecule has 0 saturated carbocycles. The topological polar surface area (TPSA) is 110 Å². The number of aliphatic hydroxyl groups excluding tert-OH is 1. The van der Waals surface area contributed by atoms with Gasteiger partial charge in [0.25, 0.3) is 17.4 Å². The van der Waals surface area contributed by atoms with Crippen LogP contribution in [0.2, 0.25) is 5.02 Å². The van der Waals surface area contributed by atoms with Crippen LogP contribution in [-0.4, -0.2) is 28.8 Å². The van der Waals surface area contributed by atoms with Crippen molar-refractivity contribution >= 4 is 40.4 Å². The molecule has 1 fully saturated rings. The van der Waals surface area contributed by atoms with Crippen LogP contribution in [0.3, 0.4) is 0 Å². The molecule has 1 heterocycles. The molecule has 172 valence electrons. The Morgan fingerprint density at radius 3 is 2.44 bits per heavy atom. The second-order valence-corrected chi connectivity index (χ2v) is 7.76. The second-order valence-electron chi connectivity index (χ2n) is 7.35. The Bertz CT molecular complexity index is 1360. The standard InChI is InChI=1S/C24H16ClFN2O6/c1-34-17-4-2-3-14(11-17)21-20(22(29)13-5-7-15(8-6-13)28(32)33)23(30)24(31)27(21)16-9-10-19(26)18(25)12-16/h2-12,21,29H,1H3/b22-20+. The molecule has 4 rings (SSSR count). The lowest BCUT2D eigenvalue weighted by atomic mass is 9.95. The third-order valence-electron chi connectivity index (χ3n) is 5.39. The molecule has 1 atom stereocenters. The predicted molar refractivity (Wildman–Crippen MR) is 122 cm³/mol. The highest BCUT2D eigenvalue weighted by molar-refractivity contribution is 6.51. The number of ketones is 1. The van der Waals surface area contributed by atoms with Crippen LogP contribution in [0.1, 0.15) is 17.2 Å². The lowest BCUT2D eigenvalue weighted by molar-refractivity contribution is -0.384. The van der Waals surface area contributed by atoms with Crippen molar-refractivity contribution in [3.63, 3.8) is 0 Å². The van der Waals surface area contributed by atoms with Gasteiger partial charge in [-0.25, -0.2) is 4.39 Å². The highest BCUT2D eigenvalue weighted by Crippen LogP contribution is 2.43. The largest absolute Gasteiger partial charge is 0.507 e. The SMILES string of the molecule is COc1cccc(C2/C(=C(\O)c3ccc([N+](=O)[O-])cc3)C(=O)C(=O)N2c2ccc(F)c(Cl)c2)c1. The summed E-state index contributed by atoms with van der Waals surface area (Å²) in [5.41, 5.74) is 0.231. The summed E-state index contributed by atoms with van der Waals surface area (Å²) in [6.45, 7) is 0. The predicted octanol–water partition coefficient (Wildman–Crippen LogP) is 5.02. The Kier molecular flexibility index (Phi) is 6.04. The van der Waals surface area contributed by atoms with E-state index in [1.807, 2.05) is 0 Å². The lowest BCUT2D eigenvalue weighted by Crippen LogP contribution is -2.29. The number of amides is 1. The highest BCUT2D eigenvalue weighted by atomic mass is 35.5. The third kappa shape index (κ3) is 3.97. The molecular weight excluding hydrogens is 467 g/mol. The molecule has 8 nitrogen and oxygen atoms in total. The molecule has 1 saturated heterocycles. The minimum atomic E-state index is -1.10. The number of rotatable bonds is 5. The van der Waals surface area contributed by atoms with Crippen LogP contribution < -0.4 is 9.64 Å². The van der Waals surface area contributed by atoms with E-state index >= 15 is 0 Å². The molecule has 0 bridgehead atoms. The van der Waals surface area contributed by atoms with Gasteiger partial charge in [-0.05, 0) is 48.0 Å². The van der Waals surface area contributed by atoms with Gasteiger partial charge in [0.15, 0.2) is 0 Å². The Balaban J connectivity index is 1.94. The zero-order valence-corrected chi connectivity index (χ0v) is 18.3. The van der Waals surface area contributed by atoms with E-state index in [0.717, 1.165) is 11.0 Å². The molecule has 0 aromatic heterocycles. The first-order chi connectivity index (χ1) is 16.2. The van der Waals surface area contributed by atoms with Crippen molar-refractivity contribution in [1.82, 2.24) is 0 Å². The average Bonchev–Trinajstić information content (AvgIpc) is 3.11. The molecule has 1 aliphatic heterocycles. The van der Waals surface area contributed by atoms with E-state index in [4.69, 9.17) is 16.3 Å². The first kappa shape index (κ1) is 22.9. The van der Waals surface area contributed by atoms with Crippen molar-refractivity contribution in [2.24, 2.45) is 0 Å². The summed E-state index contributed by atoms with van der Waals surface area (Å²) in [6.07, 6.45) is 0. The number of anilines is 1. The number of ether oxygens (including phenoxy) is 1. The summed E-state index contributed by atoms with van der Waals surface area (Å²) in [5, 5.41) is 21.8. The third-order valence-corrected chi connectivity index (χ3v) is 5.68. The molecule has 3 aromatic rings. The second kappa shape index (κ2) is 8.95. The average molecular weight is 483 g/mol. The van der Waals surface area contributed by atoms with E-state index in [0.29, 0.717) is 11.3 Å². The summed E-state index contributed by atoms with van der Waals surface area (Å²) in [7, 11) is 1.45. The molecule has 0 spiro atoms. The zero-order chi connectivity index (χ0) is 24.6. The Hall–Kier alpha value is -4.24. The normalized spacial score (nSPS) is 17.1. The van der Waals surface area contributed by atoms with E-state index in [9.17, 15) is 29.2 Å². The van der Waals surface area contributed by atoms with Gasteiger partial charge in [-0.1, -0.05) is 23.7 Å². The van der Waals surface area contributed by atoms with Crippen molar-refractivity contribution in [2.45, 2.75) is 6.04 Å². The van der Waals surface area contributed by atoms with Crippen molar-refractivity contribution < 1.29 is 28.7 Å². The fourth-order valence-electron chi connectivity index (χ4n) is 3.76. The Morgan fingerprint density at radius 1 is 1.12 bits per heavy atom. The molecule has 3 aromatic carbocycles. The van der Waals surface area contributed by atoms with Crippen LogP contribution in [0.25, 0.3) is 5.76 Å². The Morgan fingerprint density at radius 2 is 1.82 bits per heavy atom. The van der Waals surface area contributed by atoms with Crippen LogP contribution in [0.5, 0.6) is 5.75 Å². The van der Waals surface area contributed by atoms with Gasteiger partial charge in [-0.15, -0.1) is 0 Å². The number of non-ortho nitro benzene ring substituents is 1. The van der Waals surface area contributed by atoms with Crippen molar-refractivity contribution in [3.05, 3.63) is 104 Å². The number of nitrogens with zero attached hydrogens (tertiary/aromatic N) is 2. The van der Waals surface area contributed by atoms with Crippen LogP contribution in [-0.2, 0) is 9.59 Å². The van der Waals surface area contributed by atoms with E-state index < -0.39 is 34.2 Å². The van der Waals surface area contributed by atoms with Gasteiger partial charge in [0, 0.05) is 23.4 Å². The molecule has 1 amide bonds. The highest BCUT2D eigenvalue weighted by Gasteiger charge is 2.47. The molecule has 0 radical (unpaired) electrons. The number of carbonyl (C=O) groups excluding carboxylic acids is 2. The fraction of sp³-hybridized carbons (Fsp3) is 0.0833. The van der Waals surface area contributed by atoms with E-state index in [2.05, 4.69) is 0 Å². The number of carbonyl (C=O) groups is 2. The van der Waals surface area contributed by atoms with Gasteiger partial charge in [0.05, 0.1) is 28.7 Å². The van der Waals surface area contributed by atoms with E-state index in [1.54, 1.807) is 24.3 Å². The van der Waals surface area contributed by atoms with Crippen LogP contribution in [0.15, 0.2) is 72.3 Å². The summed E-state index contributed by atoms with van der Waals surface area (Å²) < 4.78 is 19.0. The molecule has 1 aliphatic rings. The number of methoxy groups -OCH3 is 1. The van der Waals surface area contributed by atoms with Gasteiger partial charge < -0.3 is 9.84 Å². The number of halogens is 2. The van der Waals surface area contributed by atoms with Crippen molar-refractivity contribution in [1.29, 1.82) is 0 Å². The summed E-state index contributed by atoms with van der Waals surface area (Å²) in [4.78, 5) is 37.7. The van der Waals surface area contributed by atoms with Gasteiger partial charge in [0.1, 0.15) is 17.3 Å². The summed E-state index contributed by atoms with van der Waals surface area (Å²) in [5.74, 6) is -2.72. The van der Waals surface area contributed by atoms with Crippen LogP contribution >= 0.6 is 11.6 Å². The van der Waals surface area contributed by atoms with Crippen molar-refractivity contribution in [3.8, 4) is 5.75 Å². The maximum absolute atomic E-state index is 13.8. The van der Waals surface area contributed by atoms with Gasteiger partial charge in [-0.2, -0.15) is 0 Å². The number of benzene rings is 3. The van der Waals surface area contributed by atoms with E-state index in [-0.39, 0.29) is 27.5 Å². The number of hydrogen-bond acceptors (Lipinski definition) is 6. The monoisotopic (exact) mass is 482 g/mol. The Labute approximate surface area is 197 Å². The smallest absolute Gasteiger partial charge is 0.300 e. The quantitative estimate of drug-likeness (QED) is 0.180. The van der Waals surface area contributed by atoms with E-state index in [1.165, 1.54) is 43.5 Å². The molecular formula is C24H16ClFN2O6. The summed E-state index contributed by atoms with van der Waals surface area (Å²) >= 11 is 5.92. The molecule has 1 N–H and O–H groups in total. The first-order valence-corrected chi connectivity index (χ1v) is 10.3. The number of aliphatic hydroxyl groups is 1. The number of nitro benzene ring substituents is 1. The zero-order valence-electron chi connectivity index (χ0n) is 17.6. The first-order valence-electron chi connectivity index (χ1n) is 9.87. The lowest BCUT2D eigenvalue weighted by Gasteiger charge is -2.26. The minimum absolute atomic E-state index is 0.105. The van der Waals surface area contributed by atoms with Crippen molar-refractivity contribution in [2.75, 3.05) is 12.0 Å². The maximum Gasteiger partial charge on any atom is 0.300 e. The molecule has 34 heavy (non-hydrogen) atoms. The van der Waals surface area contributed by atoms with Gasteiger partial charge >= 0.3 is 0 Å². The number of nitro groups is 1. The fourth-order valence-corrected chi connectivity index (χ4v) is 3.93. The minimum Gasteiger partial charge on any atom is -0.507 e. The summed E-state index contributed by atoms with van der Waals surface area (Å²) in [6, 6.07) is 13.9.